The Balaban J connectivity index is 1.60. The average Bonchev–Trinajstić information content (AvgIpc) is 2.89. The lowest BCUT2D eigenvalue weighted by atomic mass is 9.59. The number of carbonyl (C=O) groups excluding carboxylic acids is 1. The highest BCUT2D eigenvalue weighted by molar-refractivity contribution is 5.86. The van der Waals surface area contributed by atoms with E-state index in [-0.39, 0.29) is 17.6 Å². The first-order chi connectivity index (χ1) is 9.55. The van der Waals surface area contributed by atoms with Gasteiger partial charge in [-0.3, -0.25) is 4.79 Å². The van der Waals surface area contributed by atoms with Crippen LogP contribution in [0.15, 0.2) is 23.8 Å². The molecule has 4 atom stereocenters. The van der Waals surface area contributed by atoms with Crippen molar-refractivity contribution >= 4 is 5.78 Å². The molecule has 20 heavy (non-hydrogen) atoms. The number of ketones is 1. The summed E-state index contributed by atoms with van der Waals surface area (Å²) in [6, 6.07) is 0. The van der Waals surface area contributed by atoms with Gasteiger partial charge in [0.05, 0.1) is 13.2 Å². The third-order valence-electron chi connectivity index (χ3n) is 5.31. The first-order valence-electron chi connectivity index (χ1n) is 7.69. The van der Waals surface area contributed by atoms with Crippen molar-refractivity contribution in [3.8, 4) is 0 Å². The predicted octanol–water partition coefficient (Wildman–Crippen LogP) is 2.72. The number of rotatable bonds is 1. The van der Waals surface area contributed by atoms with E-state index in [9.17, 15) is 4.79 Å². The van der Waals surface area contributed by atoms with E-state index in [4.69, 9.17) is 9.47 Å². The van der Waals surface area contributed by atoms with Gasteiger partial charge >= 0.3 is 0 Å². The fraction of sp³-hybridized carbons (Fsp3) is 0.706. The Kier molecular flexibility index (Phi) is 2.74. The van der Waals surface area contributed by atoms with Crippen LogP contribution in [-0.2, 0) is 14.3 Å². The number of Topliss-reactive ketones (excluding diaryl/α,β-unsaturated/α-hetero) is 1. The zero-order chi connectivity index (χ0) is 13.9. The quantitative estimate of drug-likeness (QED) is 0.690. The van der Waals surface area contributed by atoms with Crippen molar-refractivity contribution < 1.29 is 14.3 Å². The Morgan fingerprint density at radius 1 is 1.25 bits per heavy atom. The summed E-state index contributed by atoms with van der Waals surface area (Å²) in [5.41, 5.74) is 1.34. The molecule has 0 amide bonds. The van der Waals surface area contributed by atoms with Crippen LogP contribution < -0.4 is 0 Å². The summed E-state index contributed by atoms with van der Waals surface area (Å²) in [4.78, 5) is 12.2. The second kappa shape index (κ2) is 4.28. The van der Waals surface area contributed by atoms with Crippen molar-refractivity contribution in [1.29, 1.82) is 0 Å². The molecule has 0 aromatic rings. The van der Waals surface area contributed by atoms with Crippen LogP contribution in [0.1, 0.15) is 26.7 Å². The van der Waals surface area contributed by atoms with Gasteiger partial charge in [0.15, 0.2) is 6.29 Å². The van der Waals surface area contributed by atoms with Gasteiger partial charge < -0.3 is 9.47 Å². The van der Waals surface area contributed by atoms with E-state index in [1.807, 2.05) is 0 Å². The molecule has 2 fully saturated rings. The molecule has 2 bridgehead atoms. The van der Waals surface area contributed by atoms with Crippen LogP contribution >= 0.6 is 0 Å². The monoisotopic (exact) mass is 274 g/mol. The normalized spacial score (nSPS) is 42.7. The Hall–Kier alpha value is -0.930. The van der Waals surface area contributed by atoms with Crippen molar-refractivity contribution in [2.45, 2.75) is 33.0 Å². The molecule has 108 valence electrons. The minimum absolute atomic E-state index is 0.0703. The summed E-state index contributed by atoms with van der Waals surface area (Å²) in [5, 5.41) is 0. The molecule has 0 N–H and O–H groups in total. The second-order valence-corrected chi connectivity index (χ2v) is 7.49. The molecule has 4 aliphatic carbocycles. The molecule has 0 unspecified atom stereocenters. The molecule has 5 aliphatic rings. The highest BCUT2D eigenvalue weighted by atomic mass is 16.7. The van der Waals surface area contributed by atoms with Gasteiger partial charge in [-0.1, -0.05) is 32.1 Å². The third-order valence-corrected chi connectivity index (χ3v) is 5.31. The van der Waals surface area contributed by atoms with E-state index >= 15 is 0 Å². The number of allylic oxidation sites excluding steroid dienone is 3. The zero-order valence-corrected chi connectivity index (χ0v) is 12.2. The standard InChI is InChI=1S/C17H22O3/c1-17(2)8-19-16(20-9-17)14-6-13-11-5-3-4-10(11)12(14)7-15(13)18/h3,5-6,10-13,16H,4,7-9H2,1-2H3/t10-,11+,12+,13+/m0/s1. The number of hydrogen-bond donors (Lipinski definition) is 0. The fourth-order valence-corrected chi connectivity index (χ4v) is 4.27. The van der Waals surface area contributed by atoms with Gasteiger partial charge in [0.1, 0.15) is 5.78 Å². The summed E-state index contributed by atoms with van der Waals surface area (Å²) in [6.07, 6.45) is 8.23. The van der Waals surface area contributed by atoms with E-state index in [0.29, 0.717) is 30.0 Å². The molecule has 1 saturated heterocycles. The van der Waals surface area contributed by atoms with Crippen molar-refractivity contribution in [2.75, 3.05) is 13.2 Å². The number of hydrogen-bond acceptors (Lipinski definition) is 3. The molecule has 3 heteroatoms. The molecule has 0 aromatic carbocycles. The Morgan fingerprint density at radius 2 is 2.00 bits per heavy atom. The van der Waals surface area contributed by atoms with Crippen molar-refractivity contribution in [1.82, 2.24) is 0 Å². The lowest BCUT2D eigenvalue weighted by molar-refractivity contribution is -0.208. The van der Waals surface area contributed by atoms with Crippen molar-refractivity contribution in [3.05, 3.63) is 23.8 Å². The summed E-state index contributed by atoms with van der Waals surface area (Å²) in [5.74, 6) is 1.84. The van der Waals surface area contributed by atoms with Crippen LogP contribution in [0.4, 0.5) is 0 Å². The summed E-state index contributed by atoms with van der Waals surface area (Å²) < 4.78 is 11.9. The van der Waals surface area contributed by atoms with Gasteiger partial charge in [-0.05, 0) is 29.7 Å². The lowest BCUT2D eigenvalue weighted by Crippen LogP contribution is -2.48. The van der Waals surface area contributed by atoms with Crippen LogP contribution in [0.2, 0.25) is 0 Å². The van der Waals surface area contributed by atoms with Gasteiger partial charge in [-0.15, -0.1) is 0 Å². The number of carbonyl (C=O) groups is 1. The lowest BCUT2D eigenvalue weighted by Gasteiger charge is -2.47. The third kappa shape index (κ3) is 1.83. The molecule has 0 aromatic heterocycles. The molecule has 1 saturated carbocycles. The van der Waals surface area contributed by atoms with E-state index in [1.54, 1.807) is 0 Å². The van der Waals surface area contributed by atoms with E-state index in [0.717, 1.165) is 19.6 Å². The summed E-state index contributed by atoms with van der Waals surface area (Å²) in [7, 11) is 0. The maximum Gasteiger partial charge on any atom is 0.180 e. The molecular weight excluding hydrogens is 252 g/mol. The smallest absolute Gasteiger partial charge is 0.180 e. The molecule has 1 heterocycles. The SMILES string of the molecule is CC1(C)COC(C2=C[C@H]3C(=O)C[C@@H]2[C@H]2CC=C[C@H]23)OC1. The van der Waals surface area contributed by atoms with Crippen LogP contribution in [0, 0.1) is 29.1 Å². The highest BCUT2D eigenvalue weighted by Gasteiger charge is 2.50. The van der Waals surface area contributed by atoms with Gasteiger partial charge in [0.25, 0.3) is 0 Å². The summed E-state index contributed by atoms with van der Waals surface area (Å²) >= 11 is 0. The Morgan fingerprint density at radius 3 is 2.75 bits per heavy atom. The topological polar surface area (TPSA) is 35.5 Å². The van der Waals surface area contributed by atoms with E-state index in [1.165, 1.54) is 5.57 Å². The minimum Gasteiger partial charge on any atom is -0.348 e. The van der Waals surface area contributed by atoms with Gasteiger partial charge in [-0.25, -0.2) is 0 Å². The Bertz CT molecular complexity index is 492. The maximum atomic E-state index is 12.2. The van der Waals surface area contributed by atoms with Crippen LogP contribution in [-0.4, -0.2) is 25.3 Å². The molecule has 5 rings (SSSR count). The number of ether oxygens (including phenoxy) is 2. The van der Waals surface area contributed by atoms with Gasteiger partial charge in [-0.2, -0.15) is 0 Å². The van der Waals surface area contributed by atoms with E-state index < -0.39 is 0 Å². The van der Waals surface area contributed by atoms with Gasteiger partial charge in [0, 0.05) is 17.8 Å². The average molecular weight is 274 g/mol. The van der Waals surface area contributed by atoms with Gasteiger partial charge in [0.2, 0.25) is 0 Å². The van der Waals surface area contributed by atoms with E-state index in [2.05, 4.69) is 32.1 Å². The largest absolute Gasteiger partial charge is 0.348 e. The Labute approximate surface area is 120 Å². The number of fused-ring (bicyclic) bond motifs is 1. The van der Waals surface area contributed by atoms with Crippen molar-refractivity contribution in [2.24, 2.45) is 29.1 Å². The molecular formula is C17H22O3. The zero-order valence-electron chi connectivity index (χ0n) is 12.2. The minimum atomic E-state index is -0.217. The molecule has 0 radical (unpaired) electrons. The van der Waals surface area contributed by atoms with Crippen LogP contribution in [0.3, 0.4) is 0 Å². The molecule has 1 aliphatic heterocycles. The highest BCUT2D eigenvalue weighted by Crippen LogP contribution is 2.52. The maximum absolute atomic E-state index is 12.2. The molecule has 3 nitrogen and oxygen atoms in total. The first-order valence-corrected chi connectivity index (χ1v) is 7.69. The summed E-state index contributed by atoms with van der Waals surface area (Å²) in [6.45, 7) is 5.77. The second-order valence-electron chi connectivity index (χ2n) is 7.49. The fourth-order valence-electron chi connectivity index (χ4n) is 4.27. The first kappa shape index (κ1) is 12.8. The van der Waals surface area contributed by atoms with Crippen LogP contribution in [0.25, 0.3) is 0 Å². The van der Waals surface area contributed by atoms with Crippen molar-refractivity contribution in [3.63, 3.8) is 0 Å². The van der Waals surface area contributed by atoms with Crippen LogP contribution in [0.5, 0.6) is 0 Å². The molecule has 0 spiro atoms. The predicted molar refractivity (Wildman–Crippen MR) is 74.9 cm³/mol.